The van der Waals surface area contributed by atoms with Crippen LogP contribution in [0.15, 0.2) is 30.3 Å². The van der Waals surface area contributed by atoms with E-state index in [0.717, 1.165) is 0 Å². The van der Waals surface area contributed by atoms with Crippen molar-refractivity contribution in [2.75, 3.05) is 0 Å². The maximum atomic E-state index is 5.76. The van der Waals surface area contributed by atoms with E-state index >= 15 is 0 Å². The Morgan fingerprint density at radius 3 is 1.94 bits per heavy atom. The SMILES string of the molecule is c1ccc([SiH]2O[SiH2]O[SiH2]O[SiH2]O[SiH2]O2)cc1. The first-order valence-electron chi connectivity index (χ1n) is 4.98. The molecule has 0 atom stereocenters. The highest BCUT2D eigenvalue weighted by Crippen LogP contribution is 1.94. The van der Waals surface area contributed by atoms with Gasteiger partial charge in [0.25, 0.3) is 40.0 Å². The zero-order chi connectivity index (χ0) is 11.1. The number of hydrogen-bond donors (Lipinski definition) is 0. The van der Waals surface area contributed by atoms with Gasteiger partial charge in [-0.15, -0.1) is 0 Å². The molecule has 16 heavy (non-hydrogen) atoms. The maximum absolute atomic E-state index is 5.76. The Hall–Kier alpha value is 0.104. The van der Waals surface area contributed by atoms with Gasteiger partial charge in [0, 0.05) is 0 Å². The summed E-state index contributed by atoms with van der Waals surface area (Å²) in [5, 5.41) is 1.17. The monoisotopic (exact) mass is 306 g/mol. The first kappa shape index (κ1) is 12.6. The molecule has 1 aliphatic heterocycles. The minimum absolute atomic E-state index is 0.826. The fraction of sp³-hybridized carbons (Fsp3) is 0. The molecule has 0 N–H and O–H groups in total. The Morgan fingerprint density at radius 2 is 1.31 bits per heavy atom. The minimum Gasteiger partial charge on any atom is -0.425 e. The van der Waals surface area contributed by atoms with Gasteiger partial charge in [-0.3, -0.25) is 0 Å². The normalized spacial score (nSPS) is 29.9. The predicted molar refractivity (Wildman–Crippen MR) is 72.8 cm³/mol. The third kappa shape index (κ3) is 4.17. The number of hydrogen-bond acceptors (Lipinski definition) is 5. The van der Waals surface area contributed by atoms with Gasteiger partial charge in [0.15, 0.2) is 0 Å². The van der Waals surface area contributed by atoms with E-state index in [4.69, 9.17) is 20.6 Å². The van der Waals surface area contributed by atoms with E-state index in [1.807, 2.05) is 18.2 Å². The molecule has 88 valence electrons. The van der Waals surface area contributed by atoms with Crippen LogP contribution in [-0.2, 0) is 20.6 Å². The zero-order valence-electron chi connectivity index (χ0n) is 8.83. The second-order valence-electron chi connectivity index (χ2n) is 3.16. The van der Waals surface area contributed by atoms with Crippen LogP contribution < -0.4 is 5.19 Å². The van der Waals surface area contributed by atoms with Crippen molar-refractivity contribution in [1.82, 2.24) is 0 Å². The quantitative estimate of drug-likeness (QED) is 0.498. The number of rotatable bonds is 1. The minimum atomic E-state index is -1.75. The summed E-state index contributed by atoms with van der Waals surface area (Å²) in [7, 11) is -5.23. The molecule has 5 nitrogen and oxygen atoms in total. The van der Waals surface area contributed by atoms with Gasteiger partial charge in [0.05, 0.1) is 0 Å². The predicted octanol–water partition coefficient (Wildman–Crippen LogP) is -3.79. The van der Waals surface area contributed by atoms with E-state index < -0.39 is 49.3 Å². The van der Waals surface area contributed by atoms with Crippen molar-refractivity contribution in [1.29, 1.82) is 0 Å². The first-order chi connectivity index (χ1) is 7.97. The Kier molecular flexibility index (Phi) is 5.84. The maximum Gasteiger partial charge on any atom is 0.337 e. The standard InChI is InChI=1S/C6H14O5Si5/c1-2-4-6(5-3-1)16-10-14-8-12-7-13-9-15-11-16/h1-5,16H,12-15H2. The smallest absolute Gasteiger partial charge is 0.337 e. The Morgan fingerprint density at radius 1 is 0.750 bits per heavy atom. The molecule has 0 bridgehead atoms. The molecule has 0 saturated carbocycles. The summed E-state index contributed by atoms with van der Waals surface area (Å²) in [6.07, 6.45) is 0. The molecular weight excluding hydrogens is 292 g/mol. The van der Waals surface area contributed by atoms with Crippen molar-refractivity contribution in [3.8, 4) is 0 Å². The first-order valence-corrected chi connectivity index (χ1v) is 11.1. The lowest BCUT2D eigenvalue weighted by Crippen LogP contribution is -2.41. The van der Waals surface area contributed by atoms with Crippen LogP contribution in [0.1, 0.15) is 0 Å². The summed E-state index contributed by atoms with van der Waals surface area (Å²) >= 11 is 0. The van der Waals surface area contributed by atoms with Gasteiger partial charge in [-0.05, 0) is 5.19 Å². The fourth-order valence-electron chi connectivity index (χ4n) is 1.29. The molecule has 1 fully saturated rings. The van der Waals surface area contributed by atoms with E-state index in [-0.39, 0.29) is 0 Å². The molecular formula is C6H14O5Si5. The zero-order valence-corrected chi connectivity index (χ0v) is 15.6. The van der Waals surface area contributed by atoms with Crippen LogP contribution in [0.5, 0.6) is 0 Å². The summed E-state index contributed by atoms with van der Waals surface area (Å²) in [4.78, 5) is 0. The molecule has 10 heteroatoms. The van der Waals surface area contributed by atoms with Crippen molar-refractivity contribution >= 4 is 54.5 Å². The Bertz CT molecular complexity index is 291. The summed E-state index contributed by atoms with van der Waals surface area (Å²) in [6.45, 7) is 0. The largest absolute Gasteiger partial charge is 0.425 e. The highest BCUT2D eigenvalue weighted by atomic mass is 28.4. The molecule has 1 aliphatic rings. The van der Waals surface area contributed by atoms with Crippen LogP contribution in [0.2, 0.25) is 0 Å². The number of benzene rings is 1. The molecule has 0 spiro atoms. The average molecular weight is 307 g/mol. The van der Waals surface area contributed by atoms with Crippen molar-refractivity contribution < 1.29 is 20.6 Å². The summed E-state index contributed by atoms with van der Waals surface area (Å²) in [6, 6.07) is 10.1. The molecule has 2 rings (SSSR count). The van der Waals surface area contributed by atoms with Crippen LogP contribution in [0.25, 0.3) is 0 Å². The van der Waals surface area contributed by atoms with Crippen LogP contribution >= 0.6 is 0 Å². The van der Waals surface area contributed by atoms with Crippen molar-refractivity contribution in [3.63, 3.8) is 0 Å². The van der Waals surface area contributed by atoms with Gasteiger partial charge in [0.2, 0.25) is 0 Å². The molecule has 1 saturated heterocycles. The Labute approximate surface area is 106 Å². The van der Waals surface area contributed by atoms with E-state index in [2.05, 4.69) is 12.1 Å². The van der Waals surface area contributed by atoms with Gasteiger partial charge in [-0.1, -0.05) is 30.3 Å². The molecule has 0 unspecified atom stereocenters. The fourth-order valence-corrected chi connectivity index (χ4v) is 12.0. The van der Waals surface area contributed by atoms with Crippen LogP contribution in [-0.4, -0.2) is 49.3 Å². The van der Waals surface area contributed by atoms with Gasteiger partial charge >= 0.3 is 9.28 Å². The summed E-state index contributed by atoms with van der Waals surface area (Å²) in [5.74, 6) is 0. The van der Waals surface area contributed by atoms with E-state index in [1.54, 1.807) is 0 Å². The van der Waals surface area contributed by atoms with Crippen molar-refractivity contribution in [2.24, 2.45) is 0 Å². The molecule has 0 aromatic heterocycles. The third-order valence-corrected chi connectivity index (χ3v) is 10.5. The topological polar surface area (TPSA) is 46.2 Å². The van der Waals surface area contributed by atoms with Gasteiger partial charge in [-0.25, -0.2) is 0 Å². The third-order valence-electron chi connectivity index (χ3n) is 2.01. The lowest BCUT2D eigenvalue weighted by atomic mass is 10.4. The van der Waals surface area contributed by atoms with Gasteiger partial charge < -0.3 is 20.6 Å². The van der Waals surface area contributed by atoms with E-state index in [1.165, 1.54) is 5.19 Å². The van der Waals surface area contributed by atoms with Crippen molar-refractivity contribution in [3.05, 3.63) is 30.3 Å². The van der Waals surface area contributed by atoms with Crippen molar-refractivity contribution in [2.45, 2.75) is 0 Å². The van der Waals surface area contributed by atoms with Gasteiger partial charge in [-0.2, -0.15) is 0 Å². The van der Waals surface area contributed by atoms with Crippen LogP contribution in [0.3, 0.4) is 0 Å². The van der Waals surface area contributed by atoms with Gasteiger partial charge in [0.1, 0.15) is 0 Å². The second kappa shape index (κ2) is 7.43. The molecule has 0 aliphatic carbocycles. The molecule has 0 amide bonds. The van der Waals surface area contributed by atoms with Crippen LogP contribution in [0, 0.1) is 0 Å². The molecule has 1 aromatic carbocycles. The second-order valence-corrected chi connectivity index (χ2v) is 13.0. The molecule has 1 aromatic rings. The average Bonchev–Trinajstić information content (AvgIpc) is 2.37. The van der Waals surface area contributed by atoms with E-state index in [9.17, 15) is 0 Å². The lowest BCUT2D eigenvalue weighted by molar-refractivity contribution is 0.339. The van der Waals surface area contributed by atoms with Crippen LogP contribution in [0.4, 0.5) is 0 Å². The summed E-state index contributed by atoms with van der Waals surface area (Å²) < 4.78 is 27.7. The lowest BCUT2D eigenvalue weighted by Gasteiger charge is -2.19. The molecule has 0 radical (unpaired) electrons. The Balaban J connectivity index is 1.94. The van der Waals surface area contributed by atoms with E-state index in [0.29, 0.717) is 0 Å². The summed E-state index contributed by atoms with van der Waals surface area (Å²) in [5.41, 5.74) is 0. The highest BCUT2D eigenvalue weighted by molar-refractivity contribution is 6.69. The highest BCUT2D eigenvalue weighted by Gasteiger charge is 2.16. The molecule has 1 heterocycles.